The van der Waals surface area contributed by atoms with E-state index in [4.69, 9.17) is 19.9 Å². The van der Waals surface area contributed by atoms with Crippen LogP contribution in [0.15, 0.2) is 64.2 Å². The number of hydrogen-bond acceptors (Lipinski definition) is 8. The van der Waals surface area contributed by atoms with Gasteiger partial charge in [-0.05, 0) is 24.6 Å². The number of rotatable bonds is 7. The quantitative estimate of drug-likeness (QED) is 0.475. The van der Waals surface area contributed by atoms with E-state index in [2.05, 4.69) is 4.98 Å². The molecule has 3 aromatic rings. The number of esters is 1. The predicted molar refractivity (Wildman–Crippen MR) is 127 cm³/mol. The number of nitrogen functional groups attached to an aromatic ring is 1. The van der Waals surface area contributed by atoms with E-state index in [9.17, 15) is 19.2 Å². The largest absolute Gasteiger partial charge is 0.485 e. The van der Waals surface area contributed by atoms with E-state index in [-0.39, 0.29) is 31.2 Å². The smallest absolute Gasteiger partial charge is 0.351 e. The summed E-state index contributed by atoms with van der Waals surface area (Å²) in [6.45, 7) is 1.03. The van der Waals surface area contributed by atoms with Crippen LogP contribution in [0.1, 0.15) is 12.5 Å². The van der Waals surface area contributed by atoms with E-state index >= 15 is 0 Å². The van der Waals surface area contributed by atoms with Crippen molar-refractivity contribution in [1.82, 2.24) is 9.55 Å². The Labute approximate surface area is 199 Å². The number of para-hydroxylation sites is 2. The predicted octanol–water partition coefficient (Wildman–Crippen LogP) is 0.903. The summed E-state index contributed by atoms with van der Waals surface area (Å²) < 4.78 is 17.4. The van der Waals surface area contributed by atoms with Crippen LogP contribution < -0.4 is 31.4 Å². The van der Waals surface area contributed by atoms with Crippen molar-refractivity contribution < 1.29 is 23.8 Å². The molecule has 1 amide bonds. The number of fused-ring (bicyclic) bond motifs is 1. The highest BCUT2D eigenvalue weighted by molar-refractivity contribution is 5.97. The van der Waals surface area contributed by atoms with Crippen molar-refractivity contribution in [3.63, 3.8) is 0 Å². The van der Waals surface area contributed by atoms with E-state index in [1.165, 1.54) is 4.57 Å². The summed E-state index contributed by atoms with van der Waals surface area (Å²) >= 11 is 0. The van der Waals surface area contributed by atoms with Gasteiger partial charge in [0.1, 0.15) is 12.4 Å². The number of nitrogens with two attached hydrogens (primary N) is 1. The topological polar surface area (TPSA) is 146 Å². The molecule has 2 heterocycles. The first-order valence-corrected chi connectivity index (χ1v) is 10.9. The lowest BCUT2D eigenvalue weighted by molar-refractivity contribution is -0.157. The van der Waals surface area contributed by atoms with Gasteiger partial charge in [-0.1, -0.05) is 42.5 Å². The molecule has 1 aliphatic heterocycles. The Balaban J connectivity index is 1.49. The van der Waals surface area contributed by atoms with Crippen LogP contribution in [-0.2, 0) is 20.9 Å². The molecule has 0 saturated heterocycles. The van der Waals surface area contributed by atoms with Gasteiger partial charge in [-0.15, -0.1) is 0 Å². The molecule has 3 N–H and O–H groups in total. The fraction of sp³-hybridized carbons (Fsp3) is 0.250. The zero-order valence-electron chi connectivity index (χ0n) is 18.9. The van der Waals surface area contributed by atoms with Crippen LogP contribution >= 0.6 is 0 Å². The summed E-state index contributed by atoms with van der Waals surface area (Å²) in [5.41, 5.74) is 5.22. The maximum absolute atomic E-state index is 12.9. The Morgan fingerprint density at radius 3 is 2.51 bits per heavy atom. The molecule has 0 bridgehead atoms. The molecule has 0 unspecified atom stereocenters. The molecule has 1 aliphatic rings. The lowest BCUT2D eigenvalue weighted by atomic mass is 10.2. The number of amides is 1. The highest BCUT2D eigenvalue weighted by Gasteiger charge is 2.30. The summed E-state index contributed by atoms with van der Waals surface area (Å²) in [5, 5.41) is 0. The summed E-state index contributed by atoms with van der Waals surface area (Å²) in [4.78, 5) is 53.6. The van der Waals surface area contributed by atoms with E-state index in [1.807, 2.05) is 6.07 Å². The number of likely N-dealkylation sites (N-methyl/N-ethyl adjacent to an activating group) is 1. The zero-order chi connectivity index (χ0) is 24.9. The first kappa shape index (κ1) is 23.6. The molecule has 0 spiro atoms. The normalized spacial score (nSPS) is 14.3. The zero-order valence-corrected chi connectivity index (χ0v) is 18.9. The van der Waals surface area contributed by atoms with Crippen LogP contribution in [0.2, 0.25) is 0 Å². The van der Waals surface area contributed by atoms with Crippen LogP contribution in [-0.4, -0.2) is 47.3 Å². The third-order valence-electron chi connectivity index (χ3n) is 5.39. The fourth-order valence-corrected chi connectivity index (χ4v) is 3.66. The average molecular weight is 480 g/mol. The Hall–Kier alpha value is -4.54. The monoisotopic (exact) mass is 480 g/mol. The maximum Gasteiger partial charge on any atom is 0.351 e. The van der Waals surface area contributed by atoms with Gasteiger partial charge in [-0.25, -0.2) is 9.59 Å². The minimum Gasteiger partial charge on any atom is -0.485 e. The van der Waals surface area contributed by atoms with Crippen molar-refractivity contribution in [1.29, 1.82) is 0 Å². The van der Waals surface area contributed by atoms with Crippen molar-refractivity contribution in [3.05, 3.63) is 81.0 Å². The molecule has 4 rings (SSSR count). The number of aromatic amines is 1. The highest BCUT2D eigenvalue weighted by atomic mass is 16.6. The second-order valence-electron chi connectivity index (χ2n) is 7.67. The number of nitrogens with one attached hydrogen (secondary N) is 1. The van der Waals surface area contributed by atoms with E-state index in [0.717, 1.165) is 10.5 Å². The molecule has 2 aromatic carbocycles. The Morgan fingerprint density at radius 2 is 1.80 bits per heavy atom. The molecule has 1 aromatic heterocycles. The summed E-state index contributed by atoms with van der Waals surface area (Å²) in [6, 6.07) is 15.9. The molecule has 11 nitrogen and oxygen atoms in total. The molecule has 0 radical (unpaired) electrons. The number of anilines is 2. The van der Waals surface area contributed by atoms with Crippen molar-refractivity contribution in [2.75, 3.05) is 30.4 Å². The van der Waals surface area contributed by atoms with Crippen LogP contribution in [0.4, 0.5) is 11.5 Å². The van der Waals surface area contributed by atoms with Crippen molar-refractivity contribution in [2.45, 2.75) is 19.6 Å². The number of carbonyl (C=O) groups is 2. The third-order valence-corrected chi connectivity index (χ3v) is 5.39. The van der Waals surface area contributed by atoms with Gasteiger partial charge in [0.05, 0.1) is 6.54 Å². The van der Waals surface area contributed by atoms with Crippen LogP contribution in [0, 0.1) is 0 Å². The SMILES string of the molecule is CCN(C(=O)COC(=O)[C@@H]1COc2ccccc2O1)c1c(N)n(Cc2ccccc2)c(=O)[nH]c1=O. The number of aromatic nitrogens is 2. The minimum absolute atomic E-state index is 0.0453. The molecule has 11 heteroatoms. The van der Waals surface area contributed by atoms with Crippen molar-refractivity contribution in [2.24, 2.45) is 0 Å². The van der Waals surface area contributed by atoms with Gasteiger partial charge in [-0.2, -0.15) is 0 Å². The molecule has 182 valence electrons. The summed E-state index contributed by atoms with van der Waals surface area (Å²) in [5.74, 6) is -0.767. The molecule has 35 heavy (non-hydrogen) atoms. The van der Waals surface area contributed by atoms with Crippen LogP contribution in [0.3, 0.4) is 0 Å². The summed E-state index contributed by atoms with van der Waals surface area (Å²) in [7, 11) is 0. The van der Waals surface area contributed by atoms with Crippen molar-refractivity contribution in [3.8, 4) is 11.5 Å². The number of nitrogens with zero attached hydrogens (tertiary/aromatic N) is 2. The van der Waals surface area contributed by atoms with Gasteiger partial charge >= 0.3 is 11.7 Å². The highest BCUT2D eigenvalue weighted by Crippen LogP contribution is 2.31. The first-order chi connectivity index (χ1) is 16.9. The third kappa shape index (κ3) is 5.03. The number of ether oxygens (including phenoxy) is 3. The fourth-order valence-electron chi connectivity index (χ4n) is 3.66. The van der Waals surface area contributed by atoms with Crippen LogP contribution in [0.5, 0.6) is 11.5 Å². The van der Waals surface area contributed by atoms with Gasteiger partial charge < -0.3 is 24.8 Å². The van der Waals surface area contributed by atoms with E-state index in [0.29, 0.717) is 11.5 Å². The van der Waals surface area contributed by atoms with Crippen LogP contribution in [0.25, 0.3) is 0 Å². The second-order valence-corrected chi connectivity index (χ2v) is 7.67. The molecule has 0 saturated carbocycles. The molecular formula is C24H24N4O7. The lowest BCUT2D eigenvalue weighted by Crippen LogP contribution is -2.44. The molecule has 1 atom stereocenters. The number of carbonyl (C=O) groups excluding carboxylic acids is 2. The van der Waals surface area contributed by atoms with E-state index < -0.39 is 35.8 Å². The Bertz CT molecular complexity index is 1350. The molecule has 0 aliphatic carbocycles. The lowest BCUT2D eigenvalue weighted by Gasteiger charge is -2.26. The molecule has 0 fully saturated rings. The number of hydrogen-bond donors (Lipinski definition) is 2. The average Bonchev–Trinajstić information content (AvgIpc) is 2.87. The standard InChI is InChI=1S/C24H24N4O7/c1-2-27(19(29)14-34-23(31)18-13-33-16-10-6-7-11-17(16)35-18)20-21(25)28(24(32)26-22(20)30)12-15-8-4-3-5-9-15/h3-11,18H,2,12-14,25H2,1H3,(H,26,30,32)/t18-/m0/s1. The van der Waals surface area contributed by atoms with Gasteiger partial charge in [-0.3, -0.25) is 19.1 Å². The van der Waals surface area contributed by atoms with Crippen molar-refractivity contribution >= 4 is 23.4 Å². The van der Waals surface area contributed by atoms with Gasteiger partial charge in [0.25, 0.3) is 11.5 Å². The van der Waals surface area contributed by atoms with Gasteiger partial charge in [0.2, 0.25) is 6.10 Å². The van der Waals surface area contributed by atoms with Gasteiger partial charge in [0, 0.05) is 6.54 Å². The first-order valence-electron chi connectivity index (χ1n) is 10.9. The summed E-state index contributed by atoms with van der Waals surface area (Å²) in [6.07, 6.45) is -1.05. The molecular weight excluding hydrogens is 456 g/mol. The maximum atomic E-state index is 12.9. The second kappa shape index (κ2) is 10.2. The number of benzene rings is 2. The van der Waals surface area contributed by atoms with E-state index in [1.54, 1.807) is 55.5 Å². The van der Waals surface area contributed by atoms with Gasteiger partial charge in [0.15, 0.2) is 23.8 Å². The Morgan fingerprint density at radius 1 is 1.11 bits per heavy atom. The number of H-pyrrole nitrogens is 1. The Kier molecular flexibility index (Phi) is 6.86. The minimum atomic E-state index is -1.05.